The van der Waals surface area contributed by atoms with E-state index in [9.17, 15) is 14.4 Å². The molecule has 0 atom stereocenters. The number of para-hydroxylation sites is 1. The molecule has 0 saturated carbocycles. The number of aryl methyl sites for hydroxylation is 2. The average molecular weight is 378 g/mol. The van der Waals surface area contributed by atoms with Gasteiger partial charge >= 0.3 is 5.97 Å². The molecule has 0 fully saturated rings. The summed E-state index contributed by atoms with van der Waals surface area (Å²) in [6.07, 6.45) is 5.11. The summed E-state index contributed by atoms with van der Waals surface area (Å²) in [6, 6.07) is 7.71. The Balaban J connectivity index is 1.72. The van der Waals surface area contributed by atoms with Gasteiger partial charge in [0.1, 0.15) is 11.3 Å². The minimum atomic E-state index is -0.559. The molecule has 0 radical (unpaired) electrons. The molecule has 0 saturated heterocycles. The lowest BCUT2D eigenvalue weighted by Crippen LogP contribution is -2.14. The van der Waals surface area contributed by atoms with Crippen LogP contribution in [0.5, 0.6) is 0 Å². The number of ketones is 1. The van der Waals surface area contributed by atoms with E-state index in [1.54, 1.807) is 23.9 Å². The third-order valence-electron chi connectivity index (χ3n) is 4.79. The van der Waals surface area contributed by atoms with E-state index in [1.807, 2.05) is 35.0 Å². The molecule has 0 amide bonds. The van der Waals surface area contributed by atoms with Gasteiger partial charge in [-0.15, -0.1) is 0 Å². The zero-order valence-corrected chi connectivity index (χ0v) is 15.4. The van der Waals surface area contributed by atoms with Gasteiger partial charge in [0.15, 0.2) is 5.78 Å². The number of carbonyl (C=O) groups is 2. The number of hydrogen-bond donors (Lipinski definition) is 1. The number of Topliss-reactive ketones (excluding diaryl/α,β-unsaturated/α-hetero) is 1. The molecule has 2 aromatic rings. The topological polar surface area (TPSA) is 99.0 Å². The minimum Gasteiger partial charge on any atom is -0.465 e. The monoisotopic (exact) mass is 378 g/mol. The fourth-order valence-corrected chi connectivity index (χ4v) is 3.41. The number of pyridine rings is 1. The highest BCUT2D eigenvalue weighted by Crippen LogP contribution is 2.23. The highest BCUT2D eigenvalue weighted by atomic mass is 16.5. The van der Waals surface area contributed by atoms with Crippen molar-refractivity contribution < 1.29 is 14.3 Å². The number of ether oxygens (including phenoxy) is 1. The first-order chi connectivity index (χ1) is 13.5. The van der Waals surface area contributed by atoms with Gasteiger partial charge in [-0.3, -0.25) is 9.59 Å². The van der Waals surface area contributed by atoms with Gasteiger partial charge in [-0.2, -0.15) is 5.10 Å². The van der Waals surface area contributed by atoms with Crippen LogP contribution < -0.4 is 5.56 Å². The Bertz CT molecular complexity index is 1230. The Kier molecular flexibility index (Phi) is 4.31. The van der Waals surface area contributed by atoms with Gasteiger partial charge in [-0.1, -0.05) is 18.2 Å². The van der Waals surface area contributed by atoms with Crippen LogP contribution >= 0.6 is 0 Å². The van der Waals surface area contributed by atoms with Crippen LogP contribution in [0.3, 0.4) is 0 Å². The Morgan fingerprint density at radius 2 is 1.89 bits per heavy atom. The molecule has 1 aromatic carbocycles. The third-order valence-corrected chi connectivity index (χ3v) is 4.79. The summed E-state index contributed by atoms with van der Waals surface area (Å²) in [4.78, 5) is 36.0. The van der Waals surface area contributed by atoms with Crippen LogP contribution in [0.1, 0.15) is 27.6 Å². The second kappa shape index (κ2) is 6.80. The fraction of sp³-hybridized carbons (Fsp3) is 0.200. The van der Waals surface area contributed by atoms with Crippen LogP contribution in [0, 0.1) is 0 Å². The van der Waals surface area contributed by atoms with Gasteiger partial charge in [0.05, 0.1) is 12.7 Å². The van der Waals surface area contributed by atoms with Gasteiger partial charge in [-0.05, 0) is 13.0 Å². The zero-order valence-electron chi connectivity index (χ0n) is 15.4. The molecule has 28 heavy (non-hydrogen) atoms. The Morgan fingerprint density at radius 3 is 2.64 bits per heavy atom. The average Bonchev–Trinajstić information content (AvgIpc) is 3.26. The quantitative estimate of drug-likeness (QED) is 0.424. The SMILES string of the molecule is COC(=O)c1cn(CCn2cc(C(C)=O)c3ccccc32)cc2c(=O)[nH]nc1-2. The number of methoxy groups -OCH3 is 1. The van der Waals surface area contributed by atoms with Crippen molar-refractivity contribution in [3.63, 3.8) is 0 Å². The van der Waals surface area contributed by atoms with Crippen molar-refractivity contribution in [1.29, 1.82) is 0 Å². The summed E-state index contributed by atoms with van der Waals surface area (Å²) in [5.41, 5.74) is 2.10. The summed E-state index contributed by atoms with van der Waals surface area (Å²) >= 11 is 0. The van der Waals surface area contributed by atoms with E-state index >= 15 is 0 Å². The lowest BCUT2D eigenvalue weighted by Gasteiger charge is -2.12. The molecule has 1 aromatic heterocycles. The maximum atomic E-state index is 12.1. The Hall–Kier alpha value is -3.68. The summed E-state index contributed by atoms with van der Waals surface area (Å²) in [5, 5.41) is 7.19. The molecular weight excluding hydrogens is 360 g/mol. The standard InChI is InChI=1S/C20H18N4O4/c1-12(25)14-11-24(17-6-4-3-5-13(14)17)8-7-23-9-15-18(21-22-19(15)26)16(10-23)20(27)28-2/h3-6,9-11H,7-8H2,1-2H3,(H,22,26). The molecule has 2 aliphatic rings. The number of benzene rings is 1. The van der Waals surface area contributed by atoms with Crippen molar-refractivity contribution in [1.82, 2.24) is 19.3 Å². The number of hydrogen-bond acceptors (Lipinski definition) is 5. The first kappa shape index (κ1) is 17.7. The number of esters is 1. The van der Waals surface area contributed by atoms with Gasteiger partial charge in [0.25, 0.3) is 5.56 Å². The third kappa shape index (κ3) is 2.88. The summed E-state index contributed by atoms with van der Waals surface area (Å²) < 4.78 is 8.56. The van der Waals surface area contributed by atoms with Gasteiger partial charge in [0.2, 0.25) is 0 Å². The summed E-state index contributed by atoms with van der Waals surface area (Å²) in [6.45, 7) is 2.59. The molecule has 142 valence electrons. The molecule has 0 unspecified atom stereocenters. The van der Waals surface area contributed by atoms with Crippen LogP contribution in [-0.4, -0.2) is 38.2 Å². The molecule has 4 rings (SSSR count). The van der Waals surface area contributed by atoms with E-state index in [0.717, 1.165) is 10.9 Å². The number of fused-ring (bicyclic) bond motifs is 2. The van der Waals surface area contributed by atoms with Crippen LogP contribution in [0.15, 0.2) is 47.7 Å². The van der Waals surface area contributed by atoms with E-state index in [0.29, 0.717) is 29.9 Å². The van der Waals surface area contributed by atoms with Gasteiger partial charge in [0, 0.05) is 48.1 Å². The van der Waals surface area contributed by atoms with Crippen LogP contribution in [0.25, 0.3) is 22.2 Å². The Labute approximate surface area is 159 Å². The normalized spacial score (nSPS) is 11.2. The largest absolute Gasteiger partial charge is 0.465 e. The molecule has 8 heteroatoms. The molecule has 0 spiro atoms. The number of carbonyl (C=O) groups excluding carboxylic acids is 2. The molecule has 1 N–H and O–H groups in total. The van der Waals surface area contributed by atoms with E-state index in [4.69, 9.17) is 4.74 Å². The summed E-state index contributed by atoms with van der Waals surface area (Å²) in [7, 11) is 1.28. The smallest absolute Gasteiger partial charge is 0.341 e. The number of nitrogens with zero attached hydrogens (tertiary/aromatic N) is 3. The van der Waals surface area contributed by atoms with Crippen molar-refractivity contribution in [2.24, 2.45) is 0 Å². The maximum absolute atomic E-state index is 12.1. The molecule has 0 bridgehead atoms. The molecule has 2 aliphatic heterocycles. The van der Waals surface area contributed by atoms with Crippen LogP contribution in [0.4, 0.5) is 0 Å². The first-order valence-corrected chi connectivity index (χ1v) is 8.75. The molecule has 3 heterocycles. The van der Waals surface area contributed by atoms with E-state index in [2.05, 4.69) is 10.2 Å². The fourth-order valence-electron chi connectivity index (χ4n) is 3.41. The van der Waals surface area contributed by atoms with Crippen molar-refractivity contribution >= 4 is 22.7 Å². The minimum absolute atomic E-state index is 0.00592. The summed E-state index contributed by atoms with van der Waals surface area (Å²) in [5.74, 6) is -0.553. The molecule has 0 aliphatic carbocycles. The van der Waals surface area contributed by atoms with Crippen molar-refractivity contribution in [2.45, 2.75) is 20.0 Å². The van der Waals surface area contributed by atoms with Crippen LogP contribution in [-0.2, 0) is 17.8 Å². The van der Waals surface area contributed by atoms with Crippen molar-refractivity contribution in [3.8, 4) is 11.3 Å². The van der Waals surface area contributed by atoms with E-state index in [-0.39, 0.29) is 16.9 Å². The number of H-pyrrole nitrogens is 1. The van der Waals surface area contributed by atoms with Gasteiger partial charge in [-0.25, -0.2) is 9.89 Å². The van der Waals surface area contributed by atoms with E-state index < -0.39 is 5.97 Å². The predicted molar refractivity (Wildman–Crippen MR) is 103 cm³/mol. The second-order valence-corrected chi connectivity index (χ2v) is 6.53. The van der Waals surface area contributed by atoms with Crippen molar-refractivity contribution in [2.75, 3.05) is 7.11 Å². The number of rotatable bonds is 5. The second-order valence-electron chi connectivity index (χ2n) is 6.53. The highest BCUT2D eigenvalue weighted by Gasteiger charge is 2.22. The predicted octanol–water partition coefficient (Wildman–Crippen LogP) is 2.32. The van der Waals surface area contributed by atoms with Gasteiger partial charge < -0.3 is 13.9 Å². The zero-order chi connectivity index (χ0) is 19.8. The lowest BCUT2D eigenvalue weighted by atomic mass is 10.1. The Morgan fingerprint density at radius 1 is 1.11 bits per heavy atom. The lowest BCUT2D eigenvalue weighted by molar-refractivity contribution is 0.0600. The number of aromatic amines is 1. The van der Waals surface area contributed by atoms with Crippen LogP contribution in [0.2, 0.25) is 0 Å². The number of nitrogens with one attached hydrogen (secondary N) is 1. The van der Waals surface area contributed by atoms with Crippen molar-refractivity contribution in [3.05, 3.63) is 64.3 Å². The number of aromatic nitrogens is 4. The highest BCUT2D eigenvalue weighted by molar-refractivity contribution is 6.06. The molecular formula is C20H18N4O4. The maximum Gasteiger partial charge on any atom is 0.341 e. The first-order valence-electron chi connectivity index (χ1n) is 8.75. The van der Waals surface area contributed by atoms with E-state index in [1.165, 1.54) is 7.11 Å². The molecule has 8 nitrogen and oxygen atoms in total.